The zero-order valence-electron chi connectivity index (χ0n) is 17.0. The van der Waals surface area contributed by atoms with Crippen molar-refractivity contribution >= 4 is 0 Å². The van der Waals surface area contributed by atoms with Crippen LogP contribution in [0.1, 0.15) is 115 Å². The highest BCUT2D eigenvalue weighted by Gasteiger charge is 2.03. The van der Waals surface area contributed by atoms with Crippen molar-refractivity contribution in [1.82, 2.24) is 0 Å². The maximum atomic E-state index is 9.93. The SMILES string of the molecule is CCCCCCCCCCCCCCc1ccc(O)c(CCCC)c1. The number of phenols is 1. The lowest BCUT2D eigenvalue weighted by molar-refractivity contribution is 0.466. The number of rotatable bonds is 16. The molecule has 0 aliphatic carbocycles. The Labute approximate surface area is 157 Å². The number of hydrogen-bond acceptors (Lipinski definition) is 1. The molecule has 0 fully saturated rings. The average Bonchev–Trinajstić information content (AvgIpc) is 2.62. The van der Waals surface area contributed by atoms with Crippen molar-refractivity contribution < 1.29 is 5.11 Å². The smallest absolute Gasteiger partial charge is 0.118 e. The highest BCUT2D eigenvalue weighted by molar-refractivity contribution is 5.36. The van der Waals surface area contributed by atoms with Gasteiger partial charge >= 0.3 is 0 Å². The van der Waals surface area contributed by atoms with Crippen molar-refractivity contribution in [3.63, 3.8) is 0 Å². The Morgan fingerprint density at radius 2 is 1.12 bits per heavy atom. The molecule has 0 bridgehead atoms. The summed E-state index contributed by atoms with van der Waals surface area (Å²) >= 11 is 0. The number of hydrogen-bond donors (Lipinski definition) is 1. The van der Waals surface area contributed by atoms with Crippen LogP contribution in [0.3, 0.4) is 0 Å². The molecule has 1 nitrogen and oxygen atoms in total. The Morgan fingerprint density at radius 1 is 0.600 bits per heavy atom. The lowest BCUT2D eigenvalue weighted by atomic mass is 10.00. The summed E-state index contributed by atoms with van der Waals surface area (Å²) in [7, 11) is 0. The van der Waals surface area contributed by atoms with E-state index in [1.54, 1.807) is 0 Å². The largest absolute Gasteiger partial charge is 0.508 e. The lowest BCUT2D eigenvalue weighted by Crippen LogP contribution is -1.91. The Kier molecular flexibility index (Phi) is 13.5. The van der Waals surface area contributed by atoms with Crippen LogP contribution in [0.2, 0.25) is 0 Å². The van der Waals surface area contributed by atoms with E-state index in [-0.39, 0.29) is 0 Å². The maximum Gasteiger partial charge on any atom is 0.118 e. The van der Waals surface area contributed by atoms with E-state index in [2.05, 4.69) is 26.0 Å². The number of aromatic hydroxyl groups is 1. The van der Waals surface area contributed by atoms with E-state index in [4.69, 9.17) is 0 Å². The molecule has 0 aliphatic rings. The molecule has 1 N–H and O–H groups in total. The average molecular weight is 347 g/mol. The summed E-state index contributed by atoms with van der Waals surface area (Å²) in [5.41, 5.74) is 2.54. The third kappa shape index (κ3) is 11.3. The van der Waals surface area contributed by atoms with Gasteiger partial charge in [-0.3, -0.25) is 0 Å². The topological polar surface area (TPSA) is 20.2 Å². The maximum absolute atomic E-state index is 9.93. The minimum absolute atomic E-state index is 0.479. The van der Waals surface area contributed by atoms with Gasteiger partial charge in [-0.25, -0.2) is 0 Å². The number of unbranched alkanes of at least 4 members (excludes halogenated alkanes) is 12. The molecule has 1 aromatic rings. The van der Waals surface area contributed by atoms with Gasteiger partial charge in [0, 0.05) is 0 Å². The van der Waals surface area contributed by atoms with Crippen LogP contribution in [0.25, 0.3) is 0 Å². The van der Waals surface area contributed by atoms with E-state index in [0.29, 0.717) is 5.75 Å². The van der Waals surface area contributed by atoms with Crippen LogP contribution in [0.5, 0.6) is 5.75 Å². The van der Waals surface area contributed by atoms with Crippen LogP contribution in [-0.4, -0.2) is 5.11 Å². The third-order valence-electron chi connectivity index (χ3n) is 5.26. The second-order valence-corrected chi connectivity index (χ2v) is 7.71. The van der Waals surface area contributed by atoms with Crippen molar-refractivity contribution in [3.05, 3.63) is 29.3 Å². The second kappa shape index (κ2) is 15.3. The van der Waals surface area contributed by atoms with Crippen molar-refractivity contribution in [2.45, 2.75) is 117 Å². The summed E-state index contributed by atoms with van der Waals surface area (Å²) in [5, 5.41) is 9.93. The zero-order chi connectivity index (χ0) is 18.2. The van der Waals surface area contributed by atoms with Crippen LogP contribution < -0.4 is 0 Å². The standard InChI is InChI=1S/C24H42O/c1-3-5-7-8-9-10-11-12-13-14-15-16-17-22-19-20-24(25)23(21-22)18-6-4-2/h19-21,25H,3-18H2,1-2H3. The Morgan fingerprint density at radius 3 is 1.68 bits per heavy atom. The molecule has 0 aliphatic heterocycles. The molecule has 25 heavy (non-hydrogen) atoms. The van der Waals surface area contributed by atoms with Crippen LogP contribution in [-0.2, 0) is 12.8 Å². The summed E-state index contributed by atoms with van der Waals surface area (Å²) in [6, 6.07) is 6.22. The molecule has 0 heterocycles. The lowest BCUT2D eigenvalue weighted by Gasteiger charge is -2.08. The molecule has 1 rings (SSSR count). The molecular weight excluding hydrogens is 304 g/mol. The first kappa shape index (κ1) is 22.1. The Balaban J connectivity index is 2.01. The quantitative estimate of drug-likeness (QED) is 0.301. The summed E-state index contributed by atoms with van der Waals surface area (Å²) in [4.78, 5) is 0. The summed E-state index contributed by atoms with van der Waals surface area (Å²) in [6.45, 7) is 4.49. The number of phenolic OH excluding ortho intramolecular Hbond substituents is 1. The van der Waals surface area contributed by atoms with Gasteiger partial charge in [0.1, 0.15) is 5.75 Å². The molecule has 0 aromatic heterocycles. The van der Waals surface area contributed by atoms with E-state index < -0.39 is 0 Å². The van der Waals surface area contributed by atoms with Crippen LogP contribution in [0.15, 0.2) is 18.2 Å². The zero-order valence-corrected chi connectivity index (χ0v) is 17.0. The first-order chi connectivity index (χ1) is 12.3. The van der Waals surface area contributed by atoms with Gasteiger partial charge in [0.15, 0.2) is 0 Å². The Hall–Kier alpha value is -0.980. The predicted octanol–water partition coefficient (Wildman–Crippen LogP) is 7.98. The van der Waals surface area contributed by atoms with Crippen LogP contribution in [0.4, 0.5) is 0 Å². The van der Waals surface area contributed by atoms with E-state index in [9.17, 15) is 5.11 Å². The minimum atomic E-state index is 0.479. The summed E-state index contributed by atoms with van der Waals surface area (Å²) < 4.78 is 0. The third-order valence-corrected chi connectivity index (χ3v) is 5.26. The van der Waals surface area contributed by atoms with Crippen LogP contribution in [0, 0.1) is 0 Å². The summed E-state index contributed by atoms with van der Waals surface area (Å²) in [5.74, 6) is 0.479. The highest BCUT2D eigenvalue weighted by Crippen LogP contribution is 2.22. The first-order valence-electron chi connectivity index (χ1n) is 11.1. The molecular formula is C24H42O. The van der Waals surface area contributed by atoms with Gasteiger partial charge in [-0.2, -0.15) is 0 Å². The first-order valence-corrected chi connectivity index (χ1v) is 11.1. The number of benzene rings is 1. The molecule has 0 radical (unpaired) electrons. The monoisotopic (exact) mass is 346 g/mol. The van der Waals surface area contributed by atoms with E-state index in [0.717, 1.165) is 24.8 Å². The molecule has 0 amide bonds. The summed E-state index contributed by atoms with van der Waals surface area (Å²) in [6.07, 6.45) is 21.3. The molecule has 1 heteroatoms. The molecule has 144 valence electrons. The van der Waals surface area contributed by atoms with Crippen molar-refractivity contribution in [2.75, 3.05) is 0 Å². The van der Waals surface area contributed by atoms with Crippen LogP contribution >= 0.6 is 0 Å². The van der Waals surface area contributed by atoms with Gasteiger partial charge in [0.05, 0.1) is 0 Å². The van der Waals surface area contributed by atoms with Gasteiger partial charge in [-0.15, -0.1) is 0 Å². The molecule has 0 unspecified atom stereocenters. The molecule has 0 atom stereocenters. The normalized spacial score (nSPS) is 11.1. The van der Waals surface area contributed by atoms with Gasteiger partial charge in [0.25, 0.3) is 0 Å². The molecule has 1 aromatic carbocycles. The fourth-order valence-corrected chi connectivity index (χ4v) is 3.53. The van der Waals surface area contributed by atoms with Crippen molar-refractivity contribution in [3.8, 4) is 5.75 Å². The van der Waals surface area contributed by atoms with Gasteiger partial charge in [0.2, 0.25) is 0 Å². The van der Waals surface area contributed by atoms with Gasteiger partial charge in [-0.05, 0) is 42.9 Å². The molecule has 0 saturated carbocycles. The second-order valence-electron chi connectivity index (χ2n) is 7.71. The van der Waals surface area contributed by atoms with E-state index >= 15 is 0 Å². The van der Waals surface area contributed by atoms with Crippen molar-refractivity contribution in [1.29, 1.82) is 0 Å². The fourth-order valence-electron chi connectivity index (χ4n) is 3.53. The Bertz CT molecular complexity index is 424. The van der Waals surface area contributed by atoms with E-state index in [1.807, 2.05) is 6.07 Å². The van der Waals surface area contributed by atoms with Gasteiger partial charge < -0.3 is 5.11 Å². The fraction of sp³-hybridized carbons (Fsp3) is 0.750. The minimum Gasteiger partial charge on any atom is -0.508 e. The predicted molar refractivity (Wildman–Crippen MR) is 112 cm³/mol. The number of aryl methyl sites for hydroxylation is 2. The van der Waals surface area contributed by atoms with E-state index in [1.165, 1.54) is 89.0 Å². The highest BCUT2D eigenvalue weighted by atomic mass is 16.3. The molecule has 0 spiro atoms. The van der Waals surface area contributed by atoms with Gasteiger partial charge in [-0.1, -0.05) is 103 Å². The van der Waals surface area contributed by atoms with Crippen molar-refractivity contribution in [2.24, 2.45) is 0 Å². The molecule has 0 saturated heterocycles.